The van der Waals surface area contributed by atoms with Gasteiger partial charge >= 0.3 is 5.97 Å². The van der Waals surface area contributed by atoms with Crippen LogP contribution in [-0.4, -0.2) is 52.7 Å². The van der Waals surface area contributed by atoms with E-state index < -0.39 is 11.9 Å². The normalized spacial score (nSPS) is 19.6. The molecule has 0 spiro atoms. The molecule has 1 atom stereocenters. The van der Waals surface area contributed by atoms with Gasteiger partial charge in [-0.15, -0.1) is 23.1 Å². The number of fused-ring (bicyclic) bond motifs is 1. The van der Waals surface area contributed by atoms with Crippen LogP contribution in [0.15, 0.2) is 0 Å². The Kier molecular flexibility index (Phi) is 6.21. The number of imide groups is 1. The molecule has 1 saturated heterocycles. The van der Waals surface area contributed by atoms with E-state index in [1.54, 1.807) is 13.8 Å². The van der Waals surface area contributed by atoms with Gasteiger partial charge in [0.2, 0.25) is 17.7 Å². The van der Waals surface area contributed by atoms with E-state index >= 15 is 0 Å². The molecule has 1 aliphatic carbocycles. The predicted molar refractivity (Wildman–Crippen MR) is 104 cm³/mol. The second-order valence-corrected chi connectivity index (χ2v) is 8.89. The van der Waals surface area contributed by atoms with Crippen LogP contribution in [0.3, 0.4) is 0 Å². The molecule has 3 amide bonds. The topological polar surface area (TPSA) is 92.8 Å². The number of nitrogens with one attached hydrogen (secondary N) is 1. The van der Waals surface area contributed by atoms with Gasteiger partial charge in [0.05, 0.1) is 23.2 Å². The van der Waals surface area contributed by atoms with Crippen LogP contribution in [0.4, 0.5) is 5.00 Å². The number of carbonyl (C=O) groups excluding carboxylic acids is 4. The second-order valence-electron chi connectivity index (χ2n) is 6.46. The molecule has 2 heterocycles. The summed E-state index contributed by atoms with van der Waals surface area (Å²) in [6.07, 6.45) is 3.71. The van der Waals surface area contributed by atoms with E-state index in [0.29, 0.717) is 10.6 Å². The lowest BCUT2D eigenvalue weighted by atomic mass is 9.95. The van der Waals surface area contributed by atoms with E-state index in [1.165, 1.54) is 23.1 Å². The molecule has 3 rings (SSSR count). The smallest absolute Gasteiger partial charge is 0.341 e. The molecule has 0 radical (unpaired) electrons. The number of thioether (sulfide) groups is 1. The van der Waals surface area contributed by atoms with Crippen LogP contribution in [0.2, 0.25) is 0 Å². The highest BCUT2D eigenvalue weighted by Crippen LogP contribution is 2.38. The number of ether oxygens (including phenoxy) is 1. The number of nitrogens with zero attached hydrogens (tertiary/aromatic N) is 1. The Labute approximate surface area is 165 Å². The number of rotatable bonds is 5. The van der Waals surface area contributed by atoms with Crippen molar-refractivity contribution >= 4 is 51.8 Å². The van der Waals surface area contributed by atoms with Crippen LogP contribution in [0, 0.1) is 0 Å². The van der Waals surface area contributed by atoms with Gasteiger partial charge in [-0.3, -0.25) is 19.3 Å². The zero-order valence-electron chi connectivity index (χ0n) is 15.3. The Hall–Kier alpha value is -1.87. The molecule has 1 aliphatic heterocycles. The standard InChI is InChI=1S/C18H22N2O5S2/c1-3-25-18(24)15-11-6-4-5-7-12(11)27-16(15)19-13(21)8-20-14(22)9-26-10(2)17(20)23/h10H,3-9H2,1-2H3,(H,19,21). The van der Waals surface area contributed by atoms with E-state index in [-0.39, 0.29) is 36.0 Å². The summed E-state index contributed by atoms with van der Waals surface area (Å²) in [6, 6.07) is 0. The first-order chi connectivity index (χ1) is 12.9. The summed E-state index contributed by atoms with van der Waals surface area (Å²) < 4.78 is 5.17. The summed E-state index contributed by atoms with van der Waals surface area (Å²) in [5, 5.41) is 2.84. The molecule has 7 nitrogen and oxygen atoms in total. The van der Waals surface area contributed by atoms with Gasteiger partial charge in [-0.25, -0.2) is 4.79 Å². The van der Waals surface area contributed by atoms with Gasteiger partial charge < -0.3 is 10.1 Å². The predicted octanol–water partition coefficient (Wildman–Crippen LogP) is 2.23. The Bertz CT molecular complexity index is 789. The quantitative estimate of drug-likeness (QED) is 0.591. The summed E-state index contributed by atoms with van der Waals surface area (Å²) in [5.74, 6) is -1.47. The molecular weight excluding hydrogens is 388 g/mol. The number of anilines is 1. The third kappa shape index (κ3) is 4.19. The monoisotopic (exact) mass is 410 g/mol. The summed E-state index contributed by atoms with van der Waals surface area (Å²) in [7, 11) is 0. The number of carbonyl (C=O) groups is 4. The third-order valence-corrected chi connectivity index (χ3v) is 6.90. The van der Waals surface area contributed by atoms with Crippen LogP contribution < -0.4 is 5.32 Å². The van der Waals surface area contributed by atoms with Crippen molar-refractivity contribution in [3.05, 3.63) is 16.0 Å². The molecule has 0 aromatic carbocycles. The van der Waals surface area contributed by atoms with E-state index in [0.717, 1.165) is 41.0 Å². The second kappa shape index (κ2) is 8.43. The average Bonchev–Trinajstić information content (AvgIpc) is 3.00. The van der Waals surface area contributed by atoms with Gasteiger partial charge in [0.25, 0.3) is 0 Å². The summed E-state index contributed by atoms with van der Waals surface area (Å²) >= 11 is 2.65. The summed E-state index contributed by atoms with van der Waals surface area (Å²) in [4.78, 5) is 51.2. The van der Waals surface area contributed by atoms with E-state index in [4.69, 9.17) is 4.74 Å². The van der Waals surface area contributed by atoms with Crippen LogP contribution in [0.5, 0.6) is 0 Å². The largest absolute Gasteiger partial charge is 0.462 e. The van der Waals surface area contributed by atoms with E-state index in [9.17, 15) is 19.2 Å². The minimum Gasteiger partial charge on any atom is -0.462 e. The zero-order chi connectivity index (χ0) is 19.6. The van der Waals surface area contributed by atoms with Gasteiger partial charge in [0.1, 0.15) is 11.5 Å². The van der Waals surface area contributed by atoms with Crippen molar-refractivity contribution in [2.75, 3.05) is 24.2 Å². The molecule has 1 aromatic heterocycles. The van der Waals surface area contributed by atoms with Crippen LogP contribution in [0.25, 0.3) is 0 Å². The number of amides is 3. The molecule has 0 saturated carbocycles. The Morgan fingerprint density at radius 3 is 2.74 bits per heavy atom. The first kappa shape index (κ1) is 19.9. The van der Waals surface area contributed by atoms with Crippen LogP contribution in [0.1, 0.15) is 47.5 Å². The van der Waals surface area contributed by atoms with Crippen molar-refractivity contribution in [1.82, 2.24) is 4.90 Å². The fourth-order valence-electron chi connectivity index (χ4n) is 3.24. The molecule has 1 unspecified atom stereocenters. The maximum absolute atomic E-state index is 12.5. The highest BCUT2D eigenvalue weighted by atomic mass is 32.2. The SMILES string of the molecule is CCOC(=O)c1c(NC(=O)CN2C(=O)CSC(C)C2=O)sc2c1CCCC2. The lowest BCUT2D eigenvalue weighted by Crippen LogP contribution is -2.49. The molecule has 1 aromatic rings. The Morgan fingerprint density at radius 1 is 1.26 bits per heavy atom. The third-order valence-electron chi connectivity index (χ3n) is 4.58. The fraction of sp³-hybridized carbons (Fsp3) is 0.556. The molecular formula is C18H22N2O5S2. The van der Waals surface area contributed by atoms with Gasteiger partial charge in [0.15, 0.2) is 0 Å². The van der Waals surface area contributed by atoms with Crippen molar-refractivity contribution in [2.24, 2.45) is 0 Å². The Balaban J connectivity index is 1.79. The molecule has 1 fully saturated rings. The van der Waals surface area contributed by atoms with Crippen molar-refractivity contribution in [3.63, 3.8) is 0 Å². The first-order valence-corrected chi connectivity index (χ1v) is 10.9. The molecule has 9 heteroatoms. The molecule has 146 valence electrons. The number of esters is 1. The summed E-state index contributed by atoms with van der Waals surface area (Å²) in [5.41, 5.74) is 1.38. The zero-order valence-corrected chi connectivity index (χ0v) is 17.0. The van der Waals surface area contributed by atoms with Crippen LogP contribution >= 0.6 is 23.1 Å². The van der Waals surface area contributed by atoms with Gasteiger partial charge in [-0.05, 0) is 45.1 Å². The minimum absolute atomic E-state index is 0.182. The van der Waals surface area contributed by atoms with E-state index in [2.05, 4.69) is 5.32 Å². The van der Waals surface area contributed by atoms with Crippen molar-refractivity contribution < 1.29 is 23.9 Å². The lowest BCUT2D eigenvalue weighted by molar-refractivity contribution is -0.145. The first-order valence-electron chi connectivity index (χ1n) is 8.99. The minimum atomic E-state index is -0.486. The molecule has 27 heavy (non-hydrogen) atoms. The number of thiophene rings is 1. The van der Waals surface area contributed by atoms with Gasteiger partial charge in [0, 0.05) is 4.88 Å². The molecule has 2 aliphatic rings. The van der Waals surface area contributed by atoms with Gasteiger partial charge in [-0.2, -0.15) is 0 Å². The molecule has 0 bridgehead atoms. The number of hydrogen-bond acceptors (Lipinski definition) is 7. The average molecular weight is 411 g/mol. The lowest BCUT2D eigenvalue weighted by Gasteiger charge is -2.27. The number of aryl methyl sites for hydroxylation is 1. The van der Waals surface area contributed by atoms with Crippen LogP contribution in [-0.2, 0) is 32.0 Å². The van der Waals surface area contributed by atoms with Gasteiger partial charge in [-0.1, -0.05) is 0 Å². The maximum Gasteiger partial charge on any atom is 0.341 e. The maximum atomic E-state index is 12.5. The molecule has 1 N–H and O–H groups in total. The van der Waals surface area contributed by atoms with Crippen molar-refractivity contribution in [1.29, 1.82) is 0 Å². The van der Waals surface area contributed by atoms with Crippen molar-refractivity contribution in [3.8, 4) is 0 Å². The number of hydrogen-bond donors (Lipinski definition) is 1. The Morgan fingerprint density at radius 2 is 2.00 bits per heavy atom. The summed E-state index contributed by atoms with van der Waals surface area (Å²) in [6.45, 7) is 3.37. The van der Waals surface area contributed by atoms with Crippen molar-refractivity contribution in [2.45, 2.75) is 44.8 Å². The van der Waals surface area contributed by atoms with E-state index in [1.807, 2.05) is 0 Å². The highest BCUT2D eigenvalue weighted by molar-refractivity contribution is 8.01. The fourth-order valence-corrected chi connectivity index (χ4v) is 5.35. The highest BCUT2D eigenvalue weighted by Gasteiger charge is 2.34.